The molecule has 4 aliphatic rings. The van der Waals surface area contributed by atoms with Gasteiger partial charge in [-0.2, -0.15) is 0 Å². The summed E-state index contributed by atoms with van der Waals surface area (Å²) in [6.45, 7) is 6.87. The lowest BCUT2D eigenvalue weighted by molar-refractivity contribution is -0.582. The number of nitrogens with zero attached hydrogens (tertiary/aromatic N) is 2. The van der Waals surface area contributed by atoms with Crippen molar-refractivity contribution in [3.05, 3.63) is 88.2 Å². The smallest absolute Gasteiger partial charge is 0.199 e. The Balaban J connectivity index is 1.65. The summed E-state index contributed by atoms with van der Waals surface area (Å²) in [6.07, 6.45) is 10.3. The maximum Gasteiger partial charge on any atom is 0.199 e. The molecule has 0 N–H and O–H groups in total. The Labute approximate surface area is 218 Å². The average molecular weight is 515 g/mol. The van der Waals surface area contributed by atoms with Crippen LogP contribution in [0.5, 0.6) is 0 Å². The topological polar surface area (TPSA) is 46.4 Å². The number of carboxylic acids is 1. The highest BCUT2D eigenvalue weighted by Gasteiger charge is 2.44. The zero-order valence-electron chi connectivity index (χ0n) is 20.7. The summed E-state index contributed by atoms with van der Waals surface area (Å²) in [5.74, 6) is -0.488. The van der Waals surface area contributed by atoms with Crippen molar-refractivity contribution in [1.29, 1.82) is 0 Å². The van der Waals surface area contributed by atoms with E-state index in [1.165, 1.54) is 45.8 Å². The second-order valence-corrected chi connectivity index (χ2v) is 15.1. The summed E-state index contributed by atoms with van der Waals surface area (Å²) in [7, 11) is -2.17. The van der Waals surface area contributed by atoms with Gasteiger partial charge in [-0.15, -0.1) is 11.6 Å². The summed E-state index contributed by atoms with van der Waals surface area (Å²) >= 11 is 6.27. The number of carbonyl (C=O) groups excluding carboxylic acids is 1. The van der Waals surface area contributed by atoms with Gasteiger partial charge in [-0.3, -0.25) is 0 Å². The minimum Gasteiger partial charge on any atom is -0.545 e. The van der Waals surface area contributed by atoms with E-state index in [0.717, 1.165) is 49.8 Å². The van der Waals surface area contributed by atoms with Crippen LogP contribution in [0.15, 0.2) is 71.5 Å². The van der Waals surface area contributed by atoms with Crippen molar-refractivity contribution < 1.29 is 14.5 Å². The molecule has 1 aliphatic carbocycles. The fourth-order valence-electron chi connectivity index (χ4n) is 6.10. The highest BCUT2D eigenvalue weighted by atomic mass is 35.5. The van der Waals surface area contributed by atoms with E-state index in [-0.39, 0.29) is 5.56 Å². The summed E-state index contributed by atoms with van der Waals surface area (Å²) in [4.78, 5) is 14.6. The Morgan fingerprint density at radius 3 is 2.56 bits per heavy atom. The molecule has 184 valence electrons. The van der Waals surface area contributed by atoms with Crippen molar-refractivity contribution in [2.45, 2.75) is 31.9 Å². The minimum absolute atomic E-state index is 0.245. The van der Waals surface area contributed by atoms with Gasteiger partial charge in [0.15, 0.2) is 5.71 Å². The van der Waals surface area contributed by atoms with Crippen LogP contribution in [-0.4, -0.2) is 56.4 Å². The van der Waals surface area contributed by atoms with Crippen molar-refractivity contribution >= 4 is 47.8 Å². The highest BCUT2D eigenvalue weighted by Crippen LogP contribution is 2.44. The normalized spacial score (nSPS) is 22.5. The number of alkyl halides is 1. The van der Waals surface area contributed by atoms with Crippen LogP contribution in [0.4, 0.5) is 5.69 Å². The van der Waals surface area contributed by atoms with Crippen LogP contribution >= 0.6 is 11.6 Å². The van der Waals surface area contributed by atoms with Crippen LogP contribution in [0, 0.1) is 0 Å². The maximum absolute atomic E-state index is 12.2. The zero-order chi connectivity index (χ0) is 24.9. The van der Waals surface area contributed by atoms with E-state index >= 15 is 0 Å². The molecule has 0 spiro atoms. The lowest BCUT2D eigenvalue weighted by Gasteiger charge is -2.42. The first-order valence-electron chi connectivity index (χ1n) is 13.0. The largest absolute Gasteiger partial charge is 0.545 e. The van der Waals surface area contributed by atoms with Crippen LogP contribution in [-0.2, 0) is 0 Å². The van der Waals surface area contributed by atoms with E-state index in [0.29, 0.717) is 5.88 Å². The number of hydrogen-bond acceptors (Lipinski definition) is 3. The van der Waals surface area contributed by atoms with E-state index in [9.17, 15) is 9.90 Å². The first-order chi connectivity index (χ1) is 17.5. The molecular formula is C30H31ClN2O2Si. The third-order valence-corrected chi connectivity index (χ3v) is 13.2. The quantitative estimate of drug-likeness (QED) is 0.334. The summed E-state index contributed by atoms with van der Waals surface area (Å²) in [6, 6.07) is 15.2. The minimum atomic E-state index is -2.17. The van der Waals surface area contributed by atoms with Crippen molar-refractivity contribution in [3.63, 3.8) is 0 Å². The van der Waals surface area contributed by atoms with Crippen LogP contribution in [0.1, 0.15) is 40.7 Å². The van der Waals surface area contributed by atoms with Gasteiger partial charge in [-0.1, -0.05) is 36.9 Å². The number of anilines is 1. The fraction of sp³-hybridized carbons (Fsp3) is 0.333. The Hall–Kier alpha value is -2.89. The molecule has 2 fully saturated rings. The molecule has 6 heteroatoms. The molecule has 36 heavy (non-hydrogen) atoms. The number of halogens is 1. The predicted octanol–water partition coefficient (Wildman–Crippen LogP) is 3.88. The van der Waals surface area contributed by atoms with Gasteiger partial charge < -0.3 is 14.8 Å². The van der Waals surface area contributed by atoms with Crippen molar-refractivity contribution in [3.8, 4) is 0 Å². The molecule has 2 saturated heterocycles. The summed E-state index contributed by atoms with van der Waals surface area (Å²) in [5, 5.41) is 15.0. The number of carbonyl (C=O) groups is 1. The average Bonchev–Trinajstić information content (AvgIpc) is 2.82. The molecule has 2 aromatic carbocycles. The number of allylic oxidation sites excluding steroid dienone is 5. The third-order valence-electron chi connectivity index (χ3n) is 8.40. The number of aromatic carboxylic acids is 1. The predicted molar refractivity (Wildman–Crippen MR) is 148 cm³/mol. The molecule has 6 rings (SSSR count). The van der Waals surface area contributed by atoms with Gasteiger partial charge in [0.1, 0.15) is 21.2 Å². The monoisotopic (exact) mass is 514 g/mol. The molecule has 2 aromatic rings. The molecule has 4 nitrogen and oxygen atoms in total. The molecule has 0 radical (unpaired) electrons. The lowest BCUT2D eigenvalue weighted by Crippen LogP contribution is -2.53. The molecule has 0 amide bonds. The number of fused-ring (bicyclic) bond motifs is 2. The van der Waals surface area contributed by atoms with Crippen molar-refractivity contribution in [1.82, 2.24) is 0 Å². The third kappa shape index (κ3) is 3.72. The summed E-state index contributed by atoms with van der Waals surface area (Å²) < 4.78 is 2.44. The fourth-order valence-corrected chi connectivity index (χ4v) is 10.7. The molecule has 3 aliphatic heterocycles. The Bertz CT molecular complexity index is 1380. The number of benzene rings is 2. The Morgan fingerprint density at radius 1 is 1.08 bits per heavy atom. The number of hydrogen-bond donors (Lipinski definition) is 0. The van der Waals surface area contributed by atoms with Gasteiger partial charge in [0.05, 0.1) is 12.4 Å². The SMILES string of the molecule is C[Si@@]1(CCCCl)C2=CC(=[N+]3CCC3)C=CC2=C(c2ccccc2C(=O)[O-])c2ccc(N3CCC3)cc21. The maximum atomic E-state index is 12.2. The van der Waals surface area contributed by atoms with Crippen molar-refractivity contribution in [2.24, 2.45) is 0 Å². The molecule has 0 unspecified atom stereocenters. The van der Waals surface area contributed by atoms with Crippen LogP contribution in [0.3, 0.4) is 0 Å². The van der Waals surface area contributed by atoms with Gasteiger partial charge >= 0.3 is 0 Å². The standard InChI is InChI=1S/C30H31ClN2O2Si/c1-36(18-4-13-31)27-19-21(32-14-5-15-32)9-11-25(27)29(23-7-2-3-8-24(23)30(34)35)26-12-10-22(20-28(26)36)33-16-6-17-33/h2-3,7-12,19-20H,4-6,13-18H2,1H3. The molecular weight excluding hydrogens is 484 g/mol. The van der Waals surface area contributed by atoms with Crippen LogP contribution in [0.25, 0.3) is 5.57 Å². The van der Waals surface area contributed by atoms with Gasteiger partial charge in [-0.05, 0) is 69.8 Å². The van der Waals surface area contributed by atoms with Gasteiger partial charge in [0.2, 0.25) is 0 Å². The molecule has 0 bridgehead atoms. The molecule has 0 saturated carbocycles. The van der Waals surface area contributed by atoms with Gasteiger partial charge in [0, 0.05) is 42.4 Å². The number of rotatable bonds is 6. The lowest BCUT2D eigenvalue weighted by atomic mass is 9.87. The van der Waals surface area contributed by atoms with Gasteiger partial charge in [0.25, 0.3) is 0 Å². The number of carboxylic acid groups (broad SMARTS) is 1. The highest BCUT2D eigenvalue weighted by molar-refractivity contribution is 6.99. The molecule has 0 aromatic heterocycles. The Kier molecular flexibility index (Phi) is 6.01. The zero-order valence-corrected chi connectivity index (χ0v) is 22.5. The van der Waals surface area contributed by atoms with E-state index in [1.807, 2.05) is 12.1 Å². The second kappa shape index (κ2) is 9.20. The second-order valence-electron chi connectivity index (χ2n) is 10.5. The summed E-state index contributed by atoms with van der Waals surface area (Å²) in [5.41, 5.74) is 6.89. The van der Waals surface area contributed by atoms with E-state index in [2.05, 4.69) is 52.4 Å². The molecule has 1 atom stereocenters. The van der Waals surface area contributed by atoms with E-state index < -0.39 is 14.0 Å². The first-order valence-corrected chi connectivity index (χ1v) is 16.3. The van der Waals surface area contributed by atoms with E-state index in [1.54, 1.807) is 12.1 Å². The Morgan fingerprint density at radius 2 is 1.89 bits per heavy atom. The van der Waals surface area contributed by atoms with Crippen LogP contribution in [0.2, 0.25) is 12.6 Å². The van der Waals surface area contributed by atoms with Crippen molar-refractivity contribution in [2.75, 3.05) is 37.0 Å². The van der Waals surface area contributed by atoms with Gasteiger partial charge in [-0.25, -0.2) is 4.58 Å². The van der Waals surface area contributed by atoms with Crippen LogP contribution < -0.4 is 15.2 Å². The van der Waals surface area contributed by atoms with E-state index in [4.69, 9.17) is 11.6 Å². The molecule has 3 heterocycles. The first kappa shape index (κ1) is 23.5.